The molecule has 4 N–H and O–H groups in total. The van der Waals surface area contributed by atoms with Gasteiger partial charge in [0.2, 0.25) is 5.96 Å². The molecule has 3 aromatic rings. The Morgan fingerprint density at radius 1 is 0.913 bits per heavy atom. The molecule has 0 aliphatic heterocycles. The summed E-state index contributed by atoms with van der Waals surface area (Å²) >= 11 is 12.9. The van der Waals surface area contributed by atoms with Crippen molar-refractivity contribution in [3.8, 4) is 0 Å². The molecule has 0 fully saturated rings. The molecular weight excluding hydrogens is 355 g/mol. The van der Waals surface area contributed by atoms with Gasteiger partial charge in [-0.1, -0.05) is 59.6 Å². The van der Waals surface area contributed by atoms with Crippen LogP contribution in [0.3, 0.4) is 0 Å². The minimum atomic E-state index is -0.100. The van der Waals surface area contributed by atoms with Crippen molar-refractivity contribution in [3.05, 3.63) is 58.1 Å². The lowest BCUT2D eigenvalue weighted by atomic mass is 9.97. The predicted molar refractivity (Wildman–Crippen MR) is 102 cm³/mol. The summed E-state index contributed by atoms with van der Waals surface area (Å²) in [5.74, 6) is -0.100. The van der Waals surface area contributed by atoms with Gasteiger partial charge in [0, 0.05) is 21.4 Å². The van der Waals surface area contributed by atoms with Gasteiger partial charge in [0.05, 0.1) is 11.2 Å². The van der Waals surface area contributed by atoms with Gasteiger partial charge in [-0.05, 0) is 16.8 Å². The Labute approximate surface area is 149 Å². The zero-order valence-corrected chi connectivity index (χ0v) is 14.2. The SMILES string of the molecule is Cl.NC(N)=N/N=C/c1c2ccccc2c(Cl)c2c(Cl)cccc12. The highest BCUT2D eigenvalue weighted by molar-refractivity contribution is 6.46. The summed E-state index contributed by atoms with van der Waals surface area (Å²) in [6, 6.07) is 13.4. The molecule has 4 nitrogen and oxygen atoms in total. The van der Waals surface area contributed by atoms with Gasteiger partial charge in [0.1, 0.15) is 0 Å². The van der Waals surface area contributed by atoms with E-state index in [1.165, 1.54) is 0 Å². The minimum absolute atomic E-state index is 0. The topological polar surface area (TPSA) is 76.8 Å². The first-order valence-electron chi connectivity index (χ1n) is 6.50. The number of rotatable bonds is 2. The number of hydrogen-bond donors (Lipinski definition) is 2. The second kappa shape index (κ2) is 7.04. The molecule has 23 heavy (non-hydrogen) atoms. The molecule has 0 aliphatic carbocycles. The molecule has 0 atom stereocenters. The third kappa shape index (κ3) is 3.20. The first kappa shape index (κ1) is 17.3. The molecule has 0 heterocycles. The van der Waals surface area contributed by atoms with Gasteiger partial charge in [-0.2, -0.15) is 5.10 Å². The fraction of sp³-hybridized carbons (Fsp3) is 0. The quantitative estimate of drug-likeness (QED) is 0.306. The van der Waals surface area contributed by atoms with Crippen molar-refractivity contribution in [2.24, 2.45) is 21.7 Å². The maximum absolute atomic E-state index is 6.54. The van der Waals surface area contributed by atoms with Crippen molar-refractivity contribution in [1.29, 1.82) is 0 Å². The van der Waals surface area contributed by atoms with Gasteiger partial charge in [0.25, 0.3) is 0 Å². The molecule has 0 radical (unpaired) electrons. The van der Waals surface area contributed by atoms with Crippen LogP contribution in [0.2, 0.25) is 10.0 Å². The van der Waals surface area contributed by atoms with E-state index in [1.54, 1.807) is 6.21 Å². The number of fused-ring (bicyclic) bond motifs is 2. The van der Waals surface area contributed by atoms with Crippen LogP contribution in [-0.2, 0) is 0 Å². The summed E-state index contributed by atoms with van der Waals surface area (Å²) in [5, 5.41) is 12.3. The molecular formula is C16H13Cl3N4. The Kier molecular flexibility index (Phi) is 5.31. The molecule has 118 valence electrons. The molecule has 3 rings (SSSR count). The molecule has 7 heteroatoms. The Hall–Kier alpha value is -2.01. The molecule has 0 aliphatic rings. The third-order valence-corrected chi connectivity index (χ3v) is 4.04. The zero-order chi connectivity index (χ0) is 15.7. The third-order valence-electron chi connectivity index (χ3n) is 3.34. The number of halogens is 3. The van der Waals surface area contributed by atoms with Gasteiger partial charge in [0.15, 0.2) is 0 Å². The normalized spacial score (nSPS) is 10.9. The number of benzene rings is 3. The summed E-state index contributed by atoms with van der Waals surface area (Å²) in [7, 11) is 0. The van der Waals surface area contributed by atoms with Gasteiger partial charge < -0.3 is 11.5 Å². The second-order valence-corrected chi connectivity index (χ2v) is 5.49. The lowest BCUT2D eigenvalue weighted by Crippen LogP contribution is -2.21. The maximum Gasteiger partial charge on any atom is 0.211 e. The van der Waals surface area contributed by atoms with Gasteiger partial charge in [-0.25, -0.2) is 0 Å². The van der Waals surface area contributed by atoms with Crippen molar-refractivity contribution in [1.82, 2.24) is 0 Å². The maximum atomic E-state index is 6.54. The summed E-state index contributed by atoms with van der Waals surface area (Å²) < 4.78 is 0. The van der Waals surface area contributed by atoms with Gasteiger partial charge in [-0.3, -0.25) is 0 Å². The van der Waals surface area contributed by atoms with E-state index in [4.69, 9.17) is 34.7 Å². The van der Waals surface area contributed by atoms with Crippen LogP contribution in [-0.4, -0.2) is 12.2 Å². The molecule has 0 unspecified atom stereocenters. The lowest BCUT2D eigenvalue weighted by Gasteiger charge is -2.11. The monoisotopic (exact) mass is 366 g/mol. The molecule has 0 bridgehead atoms. The smallest absolute Gasteiger partial charge is 0.211 e. The Bertz CT molecular complexity index is 931. The first-order chi connectivity index (χ1) is 10.6. The largest absolute Gasteiger partial charge is 0.369 e. The van der Waals surface area contributed by atoms with E-state index in [0.29, 0.717) is 10.0 Å². The minimum Gasteiger partial charge on any atom is -0.369 e. The van der Waals surface area contributed by atoms with Crippen LogP contribution >= 0.6 is 35.6 Å². The second-order valence-electron chi connectivity index (χ2n) is 4.71. The number of hydrogen-bond acceptors (Lipinski definition) is 2. The zero-order valence-electron chi connectivity index (χ0n) is 11.8. The Morgan fingerprint density at radius 3 is 2.26 bits per heavy atom. The Morgan fingerprint density at radius 2 is 1.57 bits per heavy atom. The van der Waals surface area contributed by atoms with E-state index in [0.717, 1.165) is 27.1 Å². The standard InChI is InChI=1S/C16H12Cl2N4.ClH/c17-13-7-3-6-10-12(8-21-22-16(19)20)9-4-1-2-5-11(9)15(18)14(10)13;/h1-8H,(H4,19,20,22);1H/b21-8+;. The summed E-state index contributed by atoms with van der Waals surface area (Å²) in [6.45, 7) is 0. The molecule has 0 saturated carbocycles. The predicted octanol–water partition coefficient (Wildman–Crippen LogP) is 4.33. The van der Waals surface area contributed by atoms with Crippen LogP contribution in [0.25, 0.3) is 21.5 Å². The number of nitrogens with two attached hydrogens (primary N) is 2. The average Bonchev–Trinajstić information content (AvgIpc) is 2.50. The molecule has 3 aromatic carbocycles. The van der Waals surface area contributed by atoms with Crippen LogP contribution in [0, 0.1) is 0 Å². The van der Waals surface area contributed by atoms with Crippen molar-refractivity contribution in [3.63, 3.8) is 0 Å². The molecule has 0 amide bonds. The van der Waals surface area contributed by atoms with Crippen LogP contribution in [0.4, 0.5) is 0 Å². The summed E-state index contributed by atoms with van der Waals surface area (Å²) in [4.78, 5) is 0. The molecule has 0 aromatic heterocycles. The van der Waals surface area contributed by atoms with Crippen molar-refractivity contribution >= 4 is 69.3 Å². The lowest BCUT2D eigenvalue weighted by molar-refractivity contribution is 1.22. The van der Waals surface area contributed by atoms with E-state index in [2.05, 4.69) is 10.2 Å². The highest BCUT2D eigenvalue weighted by atomic mass is 35.5. The van der Waals surface area contributed by atoms with Crippen LogP contribution in [0.15, 0.2) is 52.7 Å². The fourth-order valence-corrected chi connectivity index (χ4v) is 3.14. The van der Waals surface area contributed by atoms with Crippen molar-refractivity contribution in [2.45, 2.75) is 0 Å². The van der Waals surface area contributed by atoms with E-state index in [-0.39, 0.29) is 18.4 Å². The van der Waals surface area contributed by atoms with Gasteiger partial charge >= 0.3 is 0 Å². The Balaban J connectivity index is 0.00000192. The van der Waals surface area contributed by atoms with Gasteiger partial charge in [-0.15, -0.1) is 17.5 Å². The summed E-state index contributed by atoms with van der Waals surface area (Å²) in [6.07, 6.45) is 1.61. The highest BCUT2D eigenvalue weighted by Crippen LogP contribution is 2.38. The fourth-order valence-electron chi connectivity index (χ4n) is 2.45. The van der Waals surface area contributed by atoms with E-state index >= 15 is 0 Å². The van der Waals surface area contributed by atoms with Crippen molar-refractivity contribution in [2.75, 3.05) is 0 Å². The van der Waals surface area contributed by atoms with Crippen LogP contribution < -0.4 is 11.5 Å². The number of nitrogens with zero attached hydrogens (tertiary/aromatic N) is 2. The first-order valence-corrected chi connectivity index (χ1v) is 7.25. The van der Waals surface area contributed by atoms with E-state index in [9.17, 15) is 0 Å². The molecule has 0 saturated heterocycles. The van der Waals surface area contributed by atoms with E-state index in [1.807, 2.05) is 42.5 Å². The van der Waals surface area contributed by atoms with Crippen molar-refractivity contribution < 1.29 is 0 Å². The summed E-state index contributed by atoms with van der Waals surface area (Å²) in [5.41, 5.74) is 11.5. The molecule has 0 spiro atoms. The number of guanidine groups is 1. The van der Waals surface area contributed by atoms with Crippen LogP contribution in [0.5, 0.6) is 0 Å². The van der Waals surface area contributed by atoms with E-state index < -0.39 is 0 Å². The highest BCUT2D eigenvalue weighted by Gasteiger charge is 2.13. The van der Waals surface area contributed by atoms with Crippen LogP contribution in [0.1, 0.15) is 5.56 Å². The average molecular weight is 368 g/mol.